The number of aryl methyl sites for hydroxylation is 2. The summed E-state index contributed by atoms with van der Waals surface area (Å²) in [5.41, 5.74) is 4.62. The molecule has 0 bridgehead atoms. The van der Waals surface area contributed by atoms with Gasteiger partial charge in [0.2, 0.25) is 0 Å². The molecule has 0 saturated heterocycles. The Bertz CT molecular complexity index is 654. The second-order valence-corrected chi connectivity index (χ2v) is 5.99. The number of hydrogen-bond acceptors (Lipinski definition) is 3. The maximum atomic E-state index is 6.02. The molecule has 0 fully saturated rings. The van der Waals surface area contributed by atoms with Crippen molar-refractivity contribution in [3.8, 4) is 11.4 Å². The SMILES string of the molecule is CCNC1CCCc2nc(-c3ccc(Cl)cc3C)ncc21. The van der Waals surface area contributed by atoms with Crippen LogP contribution in [0.2, 0.25) is 5.02 Å². The summed E-state index contributed by atoms with van der Waals surface area (Å²) in [5.74, 6) is 0.806. The van der Waals surface area contributed by atoms with Crippen LogP contribution in [-0.4, -0.2) is 16.5 Å². The van der Waals surface area contributed by atoms with Gasteiger partial charge in [0.05, 0.1) is 0 Å². The summed E-state index contributed by atoms with van der Waals surface area (Å²) in [4.78, 5) is 9.40. The van der Waals surface area contributed by atoms with E-state index in [1.54, 1.807) is 0 Å². The third-order valence-electron chi connectivity index (χ3n) is 4.06. The summed E-state index contributed by atoms with van der Waals surface area (Å²) in [6.45, 7) is 5.16. The van der Waals surface area contributed by atoms with Crippen LogP contribution in [0.15, 0.2) is 24.4 Å². The van der Waals surface area contributed by atoms with Gasteiger partial charge in [0, 0.05) is 34.1 Å². The number of aromatic nitrogens is 2. The Balaban J connectivity index is 1.99. The van der Waals surface area contributed by atoms with Gasteiger partial charge in [-0.2, -0.15) is 0 Å². The van der Waals surface area contributed by atoms with Crippen molar-refractivity contribution in [2.75, 3.05) is 6.54 Å². The molecule has 0 spiro atoms. The molecule has 1 atom stereocenters. The van der Waals surface area contributed by atoms with E-state index in [-0.39, 0.29) is 0 Å². The first-order valence-electron chi connectivity index (χ1n) is 7.54. The zero-order valence-corrected chi connectivity index (χ0v) is 13.2. The third-order valence-corrected chi connectivity index (χ3v) is 4.30. The Hall–Kier alpha value is -1.45. The maximum Gasteiger partial charge on any atom is 0.159 e. The molecule has 1 aromatic heterocycles. The normalized spacial score (nSPS) is 17.6. The van der Waals surface area contributed by atoms with E-state index < -0.39 is 0 Å². The van der Waals surface area contributed by atoms with Crippen LogP contribution in [0, 0.1) is 6.92 Å². The van der Waals surface area contributed by atoms with Crippen LogP contribution in [0.3, 0.4) is 0 Å². The van der Waals surface area contributed by atoms with Gasteiger partial charge in [-0.25, -0.2) is 9.97 Å². The van der Waals surface area contributed by atoms with Crippen molar-refractivity contribution < 1.29 is 0 Å². The van der Waals surface area contributed by atoms with Crippen molar-refractivity contribution in [2.24, 2.45) is 0 Å². The minimum atomic E-state index is 0.402. The van der Waals surface area contributed by atoms with E-state index in [9.17, 15) is 0 Å². The molecular weight excluding hydrogens is 282 g/mol. The van der Waals surface area contributed by atoms with E-state index in [0.29, 0.717) is 6.04 Å². The second kappa shape index (κ2) is 6.12. The van der Waals surface area contributed by atoms with Gasteiger partial charge in [-0.1, -0.05) is 18.5 Å². The molecule has 1 N–H and O–H groups in total. The summed E-state index contributed by atoms with van der Waals surface area (Å²) in [6.07, 6.45) is 5.39. The molecule has 1 aliphatic carbocycles. The van der Waals surface area contributed by atoms with Crippen molar-refractivity contribution in [1.82, 2.24) is 15.3 Å². The standard InChI is InChI=1S/C17H20ClN3/c1-3-19-15-5-4-6-16-14(15)10-20-17(21-16)13-8-7-12(18)9-11(13)2/h7-10,15,19H,3-6H2,1-2H3. The number of rotatable bonds is 3. The maximum absolute atomic E-state index is 6.02. The fourth-order valence-electron chi connectivity index (χ4n) is 3.01. The summed E-state index contributed by atoms with van der Waals surface area (Å²) < 4.78 is 0. The average Bonchev–Trinajstić information content (AvgIpc) is 2.47. The number of nitrogens with zero attached hydrogens (tertiary/aromatic N) is 2. The molecule has 2 aromatic rings. The van der Waals surface area contributed by atoms with Gasteiger partial charge in [0.15, 0.2) is 5.82 Å². The molecule has 1 heterocycles. The molecule has 0 radical (unpaired) electrons. The smallest absolute Gasteiger partial charge is 0.159 e. The molecule has 1 aliphatic rings. The van der Waals surface area contributed by atoms with Gasteiger partial charge in [-0.15, -0.1) is 0 Å². The van der Waals surface area contributed by atoms with Gasteiger partial charge in [0.1, 0.15) is 0 Å². The van der Waals surface area contributed by atoms with E-state index in [4.69, 9.17) is 16.6 Å². The third kappa shape index (κ3) is 2.94. The highest BCUT2D eigenvalue weighted by atomic mass is 35.5. The van der Waals surface area contributed by atoms with Crippen LogP contribution in [0.1, 0.15) is 42.6 Å². The van der Waals surface area contributed by atoms with Crippen LogP contribution < -0.4 is 5.32 Å². The summed E-state index contributed by atoms with van der Waals surface area (Å²) in [7, 11) is 0. The molecule has 4 heteroatoms. The number of nitrogens with one attached hydrogen (secondary N) is 1. The first-order valence-corrected chi connectivity index (χ1v) is 7.92. The Labute approximate surface area is 130 Å². The first kappa shape index (κ1) is 14.5. The lowest BCUT2D eigenvalue weighted by Crippen LogP contribution is -2.25. The zero-order chi connectivity index (χ0) is 14.8. The highest BCUT2D eigenvalue weighted by Gasteiger charge is 2.21. The van der Waals surface area contributed by atoms with Gasteiger partial charge >= 0.3 is 0 Å². The Kier molecular flexibility index (Phi) is 4.22. The zero-order valence-electron chi connectivity index (χ0n) is 12.5. The average molecular weight is 302 g/mol. The van der Waals surface area contributed by atoms with Gasteiger partial charge in [-0.05, 0) is 56.5 Å². The molecule has 0 aliphatic heterocycles. The summed E-state index contributed by atoms with van der Waals surface area (Å²) in [6, 6.07) is 6.26. The lowest BCUT2D eigenvalue weighted by Gasteiger charge is -2.25. The van der Waals surface area contributed by atoms with Crippen molar-refractivity contribution >= 4 is 11.6 Å². The van der Waals surface area contributed by atoms with Crippen LogP contribution in [0.25, 0.3) is 11.4 Å². The second-order valence-electron chi connectivity index (χ2n) is 5.56. The molecule has 0 saturated carbocycles. The van der Waals surface area contributed by atoms with Crippen molar-refractivity contribution in [3.05, 3.63) is 46.2 Å². The number of hydrogen-bond donors (Lipinski definition) is 1. The minimum Gasteiger partial charge on any atom is -0.310 e. The van der Waals surface area contributed by atoms with Crippen LogP contribution >= 0.6 is 11.6 Å². The minimum absolute atomic E-state index is 0.402. The molecule has 3 nitrogen and oxygen atoms in total. The van der Waals surface area contributed by atoms with E-state index in [1.165, 1.54) is 24.1 Å². The van der Waals surface area contributed by atoms with Crippen molar-refractivity contribution in [1.29, 1.82) is 0 Å². The number of fused-ring (bicyclic) bond motifs is 1. The number of halogens is 1. The molecule has 3 rings (SSSR count). The van der Waals surface area contributed by atoms with Crippen LogP contribution in [0.4, 0.5) is 0 Å². The van der Waals surface area contributed by atoms with E-state index in [2.05, 4.69) is 17.2 Å². The molecule has 1 aromatic carbocycles. The Morgan fingerprint density at radius 2 is 2.24 bits per heavy atom. The summed E-state index contributed by atoms with van der Waals surface area (Å²) in [5, 5.41) is 4.27. The monoisotopic (exact) mass is 301 g/mol. The van der Waals surface area contributed by atoms with E-state index in [0.717, 1.165) is 34.9 Å². The topological polar surface area (TPSA) is 37.8 Å². The van der Waals surface area contributed by atoms with Crippen molar-refractivity contribution in [2.45, 2.75) is 39.2 Å². The van der Waals surface area contributed by atoms with Gasteiger partial charge in [-0.3, -0.25) is 0 Å². The lowest BCUT2D eigenvalue weighted by molar-refractivity contribution is 0.464. The molecule has 21 heavy (non-hydrogen) atoms. The molecular formula is C17H20ClN3. The van der Waals surface area contributed by atoms with Gasteiger partial charge in [0.25, 0.3) is 0 Å². The van der Waals surface area contributed by atoms with Gasteiger partial charge < -0.3 is 5.32 Å². The van der Waals surface area contributed by atoms with Crippen molar-refractivity contribution in [3.63, 3.8) is 0 Å². The largest absolute Gasteiger partial charge is 0.310 e. The predicted octanol–water partition coefficient (Wildman–Crippen LogP) is 4.09. The quantitative estimate of drug-likeness (QED) is 0.928. The molecule has 0 amide bonds. The van der Waals surface area contributed by atoms with Crippen LogP contribution in [-0.2, 0) is 6.42 Å². The fraction of sp³-hybridized carbons (Fsp3) is 0.412. The Morgan fingerprint density at radius 3 is 3.00 bits per heavy atom. The Morgan fingerprint density at radius 1 is 1.38 bits per heavy atom. The highest BCUT2D eigenvalue weighted by Crippen LogP contribution is 2.30. The fourth-order valence-corrected chi connectivity index (χ4v) is 3.24. The van der Waals surface area contributed by atoms with E-state index >= 15 is 0 Å². The lowest BCUT2D eigenvalue weighted by atomic mass is 9.92. The van der Waals surface area contributed by atoms with E-state index in [1.807, 2.05) is 31.3 Å². The molecule has 1 unspecified atom stereocenters. The summed E-state index contributed by atoms with van der Waals surface area (Å²) >= 11 is 6.02. The number of benzene rings is 1. The predicted molar refractivity (Wildman–Crippen MR) is 86.6 cm³/mol. The highest BCUT2D eigenvalue weighted by molar-refractivity contribution is 6.30. The van der Waals surface area contributed by atoms with Crippen LogP contribution in [0.5, 0.6) is 0 Å². The molecule has 110 valence electrons. The first-order chi connectivity index (χ1) is 10.2.